The monoisotopic (exact) mass is 422 g/mol. The minimum Gasteiger partial charge on any atom is -0.497 e. The van der Waals surface area contributed by atoms with Crippen molar-refractivity contribution in [3.05, 3.63) is 87.5 Å². The summed E-state index contributed by atoms with van der Waals surface area (Å²) in [6, 6.07) is 15.6. The van der Waals surface area contributed by atoms with Crippen molar-refractivity contribution in [2.24, 2.45) is 0 Å². The predicted octanol–water partition coefficient (Wildman–Crippen LogP) is 4.49. The average molecular weight is 423 g/mol. The van der Waals surface area contributed by atoms with Gasteiger partial charge in [0.1, 0.15) is 17.2 Å². The Kier molecular flexibility index (Phi) is 7.21. The van der Waals surface area contributed by atoms with E-state index >= 15 is 0 Å². The molecule has 3 aromatic rings. The molecule has 0 radical (unpaired) electrons. The molecule has 0 aliphatic rings. The van der Waals surface area contributed by atoms with Gasteiger partial charge in [0.25, 0.3) is 0 Å². The number of hydrogen-bond donors (Lipinski definition) is 2. The van der Waals surface area contributed by atoms with Gasteiger partial charge in [-0.25, -0.2) is 0 Å². The summed E-state index contributed by atoms with van der Waals surface area (Å²) in [5.41, 5.74) is 6.65. The highest BCUT2D eigenvalue weighted by atomic mass is 16.5. The second kappa shape index (κ2) is 9.86. The molecule has 0 bridgehead atoms. The van der Waals surface area contributed by atoms with Gasteiger partial charge in [0, 0.05) is 11.5 Å². The average Bonchev–Trinajstić information content (AvgIpc) is 2.80. The molecule has 0 aliphatic heterocycles. The third kappa shape index (κ3) is 4.53. The van der Waals surface area contributed by atoms with E-state index in [1.165, 1.54) is 0 Å². The number of hydrogen-bond acceptors (Lipinski definition) is 5. The zero-order valence-corrected chi connectivity index (χ0v) is 18.7. The highest BCUT2D eigenvalue weighted by molar-refractivity contribution is 5.58. The van der Waals surface area contributed by atoms with Crippen molar-refractivity contribution >= 4 is 0 Å². The van der Waals surface area contributed by atoms with E-state index in [4.69, 9.17) is 14.2 Å². The minimum absolute atomic E-state index is 0.0614. The number of ether oxygens (including phenoxy) is 3. The largest absolute Gasteiger partial charge is 0.497 e. The molecule has 0 aliphatic carbocycles. The second-order valence-electron chi connectivity index (χ2n) is 7.57. The van der Waals surface area contributed by atoms with Gasteiger partial charge in [-0.3, -0.25) is 0 Å². The van der Waals surface area contributed by atoms with Gasteiger partial charge in [-0.15, -0.1) is 0 Å². The number of methoxy groups -OCH3 is 3. The Hall–Kier alpha value is -3.02. The Morgan fingerprint density at radius 2 is 1.35 bits per heavy atom. The van der Waals surface area contributed by atoms with Crippen LogP contribution in [0.1, 0.15) is 44.9 Å². The summed E-state index contributed by atoms with van der Waals surface area (Å²) in [5.74, 6) is 1.99. The molecule has 1 unspecified atom stereocenters. The third-order valence-corrected chi connectivity index (χ3v) is 5.69. The summed E-state index contributed by atoms with van der Waals surface area (Å²) in [5, 5.41) is 19.9. The maximum absolute atomic E-state index is 10.2. The molecule has 5 heteroatoms. The third-order valence-electron chi connectivity index (χ3n) is 5.69. The summed E-state index contributed by atoms with van der Waals surface area (Å²) in [4.78, 5) is 0. The van der Waals surface area contributed by atoms with Crippen molar-refractivity contribution in [3.8, 4) is 17.2 Å². The lowest BCUT2D eigenvalue weighted by atomic mass is 9.78. The Morgan fingerprint density at radius 3 is 1.90 bits per heavy atom. The molecule has 0 fully saturated rings. The van der Waals surface area contributed by atoms with E-state index in [9.17, 15) is 10.2 Å². The molecule has 0 aromatic heterocycles. The molecular weight excluding hydrogens is 392 g/mol. The van der Waals surface area contributed by atoms with E-state index < -0.39 is 0 Å². The standard InChI is InChI=1S/C26H30O5/c1-16-10-18(14-27)12-23(31-5)25(16)26(19-6-8-21(29-3)9-7-19)24-17(2)11-22(30-4)13-20(24)15-28/h6-13,26-28H,14-15H2,1-5H3. The Morgan fingerprint density at radius 1 is 0.710 bits per heavy atom. The molecule has 5 nitrogen and oxygen atoms in total. The van der Waals surface area contributed by atoms with Crippen LogP contribution in [0.3, 0.4) is 0 Å². The number of rotatable bonds is 8. The first-order chi connectivity index (χ1) is 15.0. The van der Waals surface area contributed by atoms with Gasteiger partial charge in [-0.1, -0.05) is 18.2 Å². The fraction of sp³-hybridized carbons (Fsp3) is 0.308. The first kappa shape index (κ1) is 22.7. The first-order valence-electron chi connectivity index (χ1n) is 10.2. The van der Waals surface area contributed by atoms with E-state index in [-0.39, 0.29) is 19.1 Å². The van der Waals surface area contributed by atoms with Gasteiger partial charge in [0.15, 0.2) is 0 Å². The van der Waals surface area contributed by atoms with Crippen LogP contribution in [0.5, 0.6) is 17.2 Å². The van der Waals surface area contributed by atoms with Gasteiger partial charge in [0.2, 0.25) is 0 Å². The van der Waals surface area contributed by atoms with Crippen LogP contribution in [-0.4, -0.2) is 31.5 Å². The van der Waals surface area contributed by atoms with E-state index in [1.54, 1.807) is 21.3 Å². The lowest BCUT2D eigenvalue weighted by Crippen LogP contribution is -2.13. The molecule has 0 spiro atoms. The maximum atomic E-state index is 10.2. The van der Waals surface area contributed by atoms with Crippen LogP contribution < -0.4 is 14.2 Å². The molecule has 3 aromatic carbocycles. The minimum atomic E-state index is -0.193. The van der Waals surface area contributed by atoms with Crippen LogP contribution in [0.4, 0.5) is 0 Å². The molecule has 1 atom stereocenters. The fourth-order valence-electron chi connectivity index (χ4n) is 4.24. The van der Waals surface area contributed by atoms with E-state index in [0.29, 0.717) is 11.5 Å². The molecule has 164 valence electrons. The van der Waals surface area contributed by atoms with Gasteiger partial charge in [-0.05, 0) is 77.6 Å². The van der Waals surface area contributed by atoms with Crippen molar-refractivity contribution in [1.29, 1.82) is 0 Å². The van der Waals surface area contributed by atoms with Crippen LogP contribution in [0.25, 0.3) is 0 Å². The van der Waals surface area contributed by atoms with E-state index in [0.717, 1.165) is 44.7 Å². The normalized spacial score (nSPS) is 11.8. The topological polar surface area (TPSA) is 68.2 Å². The zero-order valence-electron chi connectivity index (χ0n) is 18.7. The van der Waals surface area contributed by atoms with Crippen LogP contribution >= 0.6 is 0 Å². The molecule has 0 heterocycles. The Bertz CT molecular complexity index is 979. The fourth-order valence-corrected chi connectivity index (χ4v) is 4.24. The molecule has 3 rings (SSSR count). The number of aryl methyl sites for hydroxylation is 2. The van der Waals surface area contributed by atoms with Gasteiger partial charge in [-0.2, -0.15) is 0 Å². The zero-order chi connectivity index (χ0) is 22.5. The van der Waals surface area contributed by atoms with Crippen molar-refractivity contribution in [1.82, 2.24) is 0 Å². The second-order valence-corrected chi connectivity index (χ2v) is 7.57. The van der Waals surface area contributed by atoms with Crippen LogP contribution in [-0.2, 0) is 13.2 Å². The van der Waals surface area contributed by atoms with Gasteiger partial charge >= 0.3 is 0 Å². The maximum Gasteiger partial charge on any atom is 0.123 e. The summed E-state index contributed by atoms with van der Waals surface area (Å²) >= 11 is 0. The summed E-state index contributed by atoms with van der Waals surface area (Å²) < 4.78 is 16.6. The molecule has 0 saturated heterocycles. The quantitative estimate of drug-likeness (QED) is 0.524. The van der Waals surface area contributed by atoms with Crippen molar-refractivity contribution in [3.63, 3.8) is 0 Å². The number of aliphatic hydroxyl groups excluding tert-OH is 2. The summed E-state index contributed by atoms with van der Waals surface area (Å²) in [7, 11) is 4.90. The highest BCUT2D eigenvalue weighted by Crippen LogP contribution is 2.43. The molecule has 0 amide bonds. The van der Waals surface area contributed by atoms with E-state index in [2.05, 4.69) is 0 Å². The number of benzene rings is 3. The van der Waals surface area contributed by atoms with Crippen molar-refractivity contribution in [2.45, 2.75) is 33.0 Å². The smallest absolute Gasteiger partial charge is 0.123 e. The summed E-state index contributed by atoms with van der Waals surface area (Å²) in [6.45, 7) is 3.87. The van der Waals surface area contributed by atoms with Crippen LogP contribution in [0.2, 0.25) is 0 Å². The van der Waals surface area contributed by atoms with Crippen molar-refractivity contribution < 1.29 is 24.4 Å². The SMILES string of the molecule is COc1ccc(C(c2c(C)cc(OC)cc2CO)c2c(C)cc(CO)cc2OC)cc1. The Labute approximate surface area is 183 Å². The van der Waals surface area contributed by atoms with E-state index in [1.807, 2.05) is 62.4 Å². The van der Waals surface area contributed by atoms with Crippen LogP contribution in [0.15, 0.2) is 48.5 Å². The molecule has 31 heavy (non-hydrogen) atoms. The highest BCUT2D eigenvalue weighted by Gasteiger charge is 2.27. The Balaban J connectivity index is 2.35. The first-order valence-corrected chi connectivity index (χ1v) is 10.2. The summed E-state index contributed by atoms with van der Waals surface area (Å²) in [6.07, 6.45) is 0. The predicted molar refractivity (Wildman–Crippen MR) is 121 cm³/mol. The van der Waals surface area contributed by atoms with Gasteiger partial charge < -0.3 is 24.4 Å². The molecule has 0 saturated carbocycles. The molecule has 2 N–H and O–H groups in total. The van der Waals surface area contributed by atoms with Crippen LogP contribution in [0, 0.1) is 13.8 Å². The lowest BCUT2D eigenvalue weighted by Gasteiger charge is -2.27. The van der Waals surface area contributed by atoms with Crippen molar-refractivity contribution in [2.75, 3.05) is 21.3 Å². The number of aliphatic hydroxyl groups is 2. The molecular formula is C26H30O5. The van der Waals surface area contributed by atoms with Gasteiger partial charge in [0.05, 0.1) is 34.5 Å². The lowest BCUT2D eigenvalue weighted by molar-refractivity contribution is 0.279.